The summed E-state index contributed by atoms with van der Waals surface area (Å²) in [5, 5.41) is 5.94. The summed E-state index contributed by atoms with van der Waals surface area (Å²) in [7, 11) is 0. The molecule has 3 aromatic heterocycles. The van der Waals surface area contributed by atoms with Gasteiger partial charge in [0.15, 0.2) is 0 Å². The Bertz CT molecular complexity index is 1240. The van der Waals surface area contributed by atoms with E-state index in [1.807, 2.05) is 32.0 Å². The zero-order valence-electron chi connectivity index (χ0n) is 16.6. The van der Waals surface area contributed by atoms with Gasteiger partial charge in [-0.25, -0.2) is 14.8 Å². The first-order valence-corrected chi connectivity index (χ1v) is 11.4. The number of rotatable bonds is 5. The van der Waals surface area contributed by atoms with Gasteiger partial charge in [0.2, 0.25) is 0 Å². The maximum atomic E-state index is 12.9. The van der Waals surface area contributed by atoms with Crippen molar-refractivity contribution < 1.29 is 14.1 Å². The van der Waals surface area contributed by atoms with Gasteiger partial charge in [-0.05, 0) is 50.8 Å². The summed E-state index contributed by atoms with van der Waals surface area (Å²) < 4.78 is 10.7. The number of aromatic nitrogens is 3. The van der Waals surface area contributed by atoms with Crippen molar-refractivity contribution in [1.29, 1.82) is 0 Å². The Kier molecular flexibility index (Phi) is 5.04. The van der Waals surface area contributed by atoms with Crippen LogP contribution in [0.3, 0.4) is 0 Å². The van der Waals surface area contributed by atoms with Crippen molar-refractivity contribution in [3.8, 4) is 0 Å². The number of thiophene rings is 1. The zero-order valence-corrected chi connectivity index (χ0v) is 18.2. The Hall–Kier alpha value is -2.71. The van der Waals surface area contributed by atoms with Crippen LogP contribution in [-0.4, -0.2) is 21.1 Å². The number of carbonyl (C=O) groups is 1. The summed E-state index contributed by atoms with van der Waals surface area (Å²) in [6.07, 6.45) is 4.97. The lowest BCUT2D eigenvalue weighted by Crippen LogP contribution is -2.07. The summed E-state index contributed by atoms with van der Waals surface area (Å²) in [4.78, 5) is 25.1. The van der Waals surface area contributed by atoms with Crippen molar-refractivity contribution in [2.75, 3.05) is 0 Å². The molecule has 0 bridgehead atoms. The average molecular weight is 438 g/mol. The predicted molar refractivity (Wildman–Crippen MR) is 115 cm³/mol. The number of aryl methyl sites for hydroxylation is 4. The first kappa shape index (κ1) is 19.3. The quantitative estimate of drug-likeness (QED) is 0.310. The lowest BCUT2D eigenvalue weighted by atomic mass is 10.2. The minimum Gasteiger partial charge on any atom is -0.457 e. The number of fused-ring (bicyclic) bond motifs is 3. The van der Waals surface area contributed by atoms with Crippen LogP contribution in [0.15, 0.2) is 45.0 Å². The van der Waals surface area contributed by atoms with Gasteiger partial charge in [0, 0.05) is 15.2 Å². The summed E-state index contributed by atoms with van der Waals surface area (Å²) in [6, 6.07) is 7.48. The first-order valence-electron chi connectivity index (χ1n) is 9.73. The molecule has 5 rings (SSSR count). The Labute approximate surface area is 181 Å². The first-order chi connectivity index (χ1) is 14.6. The van der Waals surface area contributed by atoms with Crippen LogP contribution in [0.2, 0.25) is 0 Å². The van der Waals surface area contributed by atoms with Gasteiger partial charge in [0.05, 0.1) is 16.8 Å². The van der Waals surface area contributed by atoms with Crippen molar-refractivity contribution >= 4 is 39.3 Å². The molecule has 6 nitrogen and oxygen atoms in total. The Morgan fingerprint density at radius 3 is 2.93 bits per heavy atom. The predicted octanol–water partition coefficient (Wildman–Crippen LogP) is 5.29. The molecular weight excluding hydrogens is 418 g/mol. The van der Waals surface area contributed by atoms with E-state index in [1.54, 1.807) is 23.7 Å². The molecule has 1 aromatic carbocycles. The van der Waals surface area contributed by atoms with Crippen LogP contribution in [0.5, 0.6) is 0 Å². The van der Waals surface area contributed by atoms with E-state index in [9.17, 15) is 4.79 Å². The molecule has 30 heavy (non-hydrogen) atoms. The Balaban J connectivity index is 1.43. The monoisotopic (exact) mass is 437 g/mol. The van der Waals surface area contributed by atoms with Crippen LogP contribution in [0.1, 0.15) is 44.2 Å². The van der Waals surface area contributed by atoms with E-state index in [-0.39, 0.29) is 12.6 Å². The lowest BCUT2D eigenvalue weighted by Gasteiger charge is -2.10. The summed E-state index contributed by atoms with van der Waals surface area (Å²) in [5.41, 5.74) is 3.43. The van der Waals surface area contributed by atoms with E-state index in [2.05, 4.69) is 15.1 Å². The Morgan fingerprint density at radius 2 is 2.10 bits per heavy atom. The molecule has 0 amide bonds. The molecule has 8 heteroatoms. The van der Waals surface area contributed by atoms with Crippen LogP contribution in [0.25, 0.3) is 10.2 Å². The normalized spacial score (nSPS) is 13.0. The van der Waals surface area contributed by atoms with E-state index in [1.165, 1.54) is 28.6 Å². The fourth-order valence-electron chi connectivity index (χ4n) is 3.73. The largest absolute Gasteiger partial charge is 0.457 e. The highest BCUT2D eigenvalue weighted by molar-refractivity contribution is 7.99. The third-order valence-electron chi connectivity index (χ3n) is 5.31. The van der Waals surface area contributed by atoms with Crippen molar-refractivity contribution in [3.63, 3.8) is 0 Å². The third-order valence-corrected chi connectivity index (χ3v) is 7.59. The zero-order chi connectivity index (χ0) is 20.7. The third kappa shape index (κ3) is 3.40. The maximum absolute atomic E-state index is 12.9. The molecule has 152 valence electrons. The number of carbonyl (C=O) groups excluding carboxylic acids is 1. The van der Waals surface area contributed by atoms with Crippen LogP contribution in [0, 0.1) is 13.8 Å². The standard InChI is InChI=1S/C22H19N3O3S2/c1-12-16(13(2)28-25-12)10-27-22(26)15-6-3-4-8-18(15)30-21-19-14-7-5-9-17(14)29-20(19)23-11-24-21/h3-4,6,8,11H,5,7,9-10H2,1-2H3. The van der Waals surface area contributed by atoms with Gasteiger partial charge >= 0.3 is 5.97 Å². The minimum absolute atomic E-state index is 0.134. The number of ether oxygens (including phenoxy) is 1. The van der Waals surface area contributed by atoms with Gasteiger partial charge < -0.3 is 9.26 Å². The van der Waals surface area contributed by atoms with Gasteiger partial charge in [0.1, 0.15) is 28.6 Å². The summed E-state index contributed by atoms with van der Waals surface area (Å²) in [5.74, 6) is 0.289. The fourth-order valence-corrected chi connectivity index (χ4v) is 6.06. The average Bonchev–Trinajstić information content (AvgIpc) is 3.42. The molecule has 0 radical (unpaired) electrons. The minimum atomic E-state index is -0.376. The smallest absolute Gasteiger partial charge is 0.339 e. The molecule has 0 saturated carbocycles. The van der Waals surface area contributed by atoms with E-state index in [0.29, 0.717) is 11.3 Å². The molecule has 0 N–H and O–H groups in total. The molecular formula is C22H19N3O3S2. The van der Waals surface area contributed by atoms with Gasteiger partial charge in [0.25, 0.3) is 0 Å². The highest BCUT2D eigenvalue weighted by Crippen LogP contribution is 2.42. The van der Waals surface area contributed by atoms with Crippen molar-refractivity contribution in [1.82, 2.24) is 15.1 Å². The van der Waals surface area contributed by atoms with Crippen molar-refractivity contribution in [2.45, 2.75) is 49.6 Å². The Morgan fingerprint density at radius 1 is 1.23 bits per heavy atom. The SMILES string of the molecule is Cc1noc(C)c1COC(=O)c1ccccc1Sc1ncnc2sc3c(c12)CCC3. The fraction of sp³-hybridized carbons (Fsp3) is 0.273. The van der Waals surface area contributed by atoms with Crippen molar-refractivity contribution in [2.24, 2.45) is 0 Å². The molecule has 3 heterocycles. The second kappa shape index (κ2) is 7.85. The van der Waals surface area contributed by atoms with Crippen molar-refractivity contribution in [3.05, 3.63) is 63.6 Å². The number of esters is 1. The molecule has 0 saturated heterocycles. The van der Waals surface area contributed by atoms with Gasteiger partial charge in [-0.3, -0.25) is 0 Å². The lowest BCUT2D eigenvalue weighted by molar-refractivity contribution is 0.0466. The molecule has 1 aliphatic rings. The topological polar surface area (TPSA) is 78.1 Å². The second-order valence-electron chi connectivity index (χ2n) is 7.19. The van der Waals surface area contributed by atoms with E-state index >= 15 is 0 Å². The number of nitrogens with zero attached hydrogens (tertiary/aromatic N) is 3. The van der Waals surface area contributed by atoms with Crippen LogP contribution >= 0.6 is 23.1 Å². The molecule has 0 spiro atoms. The van der Waals surface area contributed by atoms with Gasteiger partial charge in [-0.2, -0.15) is 0 Å². The molecule has 4 aromatic rings. The van der Waals surface area contributed by atoms with Crippen LogP contribution in [0.4, 0.5) is 0 Å². The molecule has 0 atom stereocenters. The number of benzene rings is 1. The van der Waals surface area contributed by atoms with Gasteiger partial charge in [-0.1, -0.05) is 29.1 Å². The summed E-state index contributed by atoms with van der Waals surface area (Å²) >= 11 is 3.26. The number of hydrogen-bond acceptors (Lipinski definition) is 8. The van der Waals surface area contributed by atoms with E-state index < -0.39 is 0 Å². The molecule has 0 unspecified atom stereocenters. The van der Waals surface area contributed by atoms with E-state index in [0.717, 1.165) is 44.2 Å². The van der Waals surface area contributed by atoms with E-state index in [4.69, 9.17) is 9.26 Å². The maximum Gasteiger partial charge on any atom is 0.339 e. The molecule has 0 aliphatic heterocycles. The van der Waals surface area contributed by atoms with Crippen LogP contribution < -0.4 is 0 Å². The number of hydrogen-bond donors (Lipinski definition) is 0. The highest BCUT2D eigenvalue weighted by atomic mass is 32.2. The molecule has 1 aliphatic carbocycles. The highest BCUT2D eigenvalue weighted by Gasteiger charge is 2.23. The van der Waals surface area contributed by atoms with Gasteiger partial charge in [-0.15, -0.1) is 11.3 Å². The summed E-state index contributed by atoms with van der Waals surface area (Å²) in [6.45, 7) is 3.78. The molecule has 0 fully saturated rings. The second-order valence-corrected chi connectivity index (χ2v) is 9.31. The van der Waals surface area contributed by atoms with Crippen LogP contribution in [-0.2, 0) is 24.2 Å².